The van der Waals surface area contributed by atoms with E-state index in [4.69, 9.17) is 9.47 Å². The monoisotopic (exact) mass is 357 g/mol. The van der Waals surface area contributed by atoms with Crippen LogP contribution >= 0.6 is 0 Å². The van der Waals surface area contributed by atoms with Gasteiger partial charge in [-0.2, -0.15) is 0 Å². The summed E-state index contributed by atoms with van der Waals surface area (Å²) in [5, 5.41) is 0. The van der Waals surface area contributed by atoms with Crippen LogP contribution in [0.5, 0.6) is 11.5 Å². The molecule has 3 rings (SSSR count). The highest BCUT2D eigenvalue weighted by atomic mass is 19.1. The number of amides is 1. The quantitative estimate of drug-likeness (QED) is 0.789. The molecule has 2 aromatic rings. The van der Waals surface area contributed by atoms with Crippen molar-refractivity contribution in [3.63, 3.8) is 0 Å². The van der Waals surface area contributed by atoms with Gasteiger partial charge in [0.15, 0.2) is 6.61 Å². The van der Waals surface area contributed by atoms with Crippen molar-refractivity contribution in [2.24, 2.45) is 5.92 Å². The summed E-state index contributed by atoms with van der Waals surface area (Å²) < 4.78 is 24.3. The van der Waals surface area contributed by atoms with Gasteiger partial charge >= 0.3 is 0 Å². The van der Waals surface area contributed by atoms with E-state index in [-0.39, 0.29) is 24.2 Å². The van der Waals surface area contributed by atoms with Crippen molar-refractivity contribution in [1.82, 2.24) is 4.90 Å². The number of carbonyl (C=O) groups excluding carboxylic acids is 1. The largest absolute Gasteiger partial charge is 0.493 e. The number of aryl methyl sites for hydroxylation is 1. The third-order valence-electron chi connectivity index (χ3n) is 4.55. The molecular weight excluding hydrogens is 333 g/mol. The van der Waals surface area contributed by atoms with Crippen LogP contribution in [-0.4, -0.2) is 37.1 Å². The average molecular weight is 357 g/mol. The van der Waals surface area contributed by atoms with Gasteiger partial charge in [-0.1, -0.05) is 17.7 Å². The van der Waals surface area contributed by atoms with Crippen LogP contribution in [-0.2, 0) is 4.79 Å². The number of benzene rings is 2. The summed E-state index contributed by atoms with van der Waals surface area (Å²) in [5.74, 6) is 1.35. The van der Waals surface area contributed by atoms with E-state index in [2.05, 4.69) is 0 Å². The summed E-state index contributed by atoms with van der Waals surface area (Å²) in [6.07, 6.45) is 1.97. The standard InChI is InChI=1S/C21H24FNO3/c1-16-4-8-19(9-5-16)26-15-21(24)23-12-2-3-17(13-23)14-25-20-10-6-18(22)7-11-20/h4-11,17H,2-3,12-15H2,1H3. The molecule has 2 aromatic carbocycles. The fourth-order valence-corrected chi connectivity index (χ4v) is 3.04. The zero-order chi connectivity index (χ0) is 18.4. The van der Waals surface area contributed by atoms with E-state index in [9.17, 15) is 9.18 Å². The Morgan fingerprint density at radius 1 is 1.08 bits per heavy atom. The van der Waals surface area contributed by atoms with Crippen LogP contribution in [0.1, 0.15) is 18.4 Å². The summed E-state index contributed by atoms with van der Waals surface area (Å²) in [7, 11) is 0. The molecule has 0 saturated carbocycles. The lowest BCUT2D eigenvalue weighted by Gasteiger charge is -2.32. The molecule has 0 aromatic heterocycles. The predicted octanol–water partition coefficient (Wildman–Crippen LogP) is 3.83. The molecule has 0 aliphatic carbocycles. The number of piperidine rings is 1. The van der Waals surface area contributed by atoms with E-state index in [1.807, 2.05) is 36.1 Å². The lowest BCUT2D eigenvalue weighted by molar-refractivity contribution is -0.135. The summed E-state index contributed by atoms with van der Waals surface area (Å²) in [5.41, 5.74) is 1.16. The lowest BCUT2D eigenvalue weighted by atomic mass is 9.99. The second-order valence-corrected chi connectivity index (χ2v) is 6.71. The van der Waals surface area contributed by atoms with Crippen molar-refractivity contribution >= 4 is 5.91 Å². The van der Waals surface area contributed by atoms with Crippen molar-refractivity contribution in [2.45, 2.75) is 19.8 Å². The lowest BCUT2D eigenvalue weighted by Crippen LogP contribution is -2.43. The van der Waals surface area contributed by atoms with Crippen molar-refractivity contribution in [3.05, 3.63) is 59.9 Å². The minimum Gasteiger partial charge on any atom is -0.493 e. The van der Waals surface area contributed by atoms with Gasteiger partial charge in [0.1, 0.15) is 17.3 Å². The van der Waals surface area contributed by atoms with Gasteiger partial charge in [0.25, 0.3) is 5.91 Å². The zero-order valence-electron chi connectivity index (χ0n) is 15.0. The number of hydrogen-bond donors (Lipinski definition) is 0. The molecule has 1 unspecified atom stereocenters. The van der Waals surface area contributed by atoms with Crippen LogP contribution in [0.25, 0.3) is 0 Å². The molecular formula is C21H24FNO3. The first kappa shape index (κ1) is 18.2. The molecule has 4 nitrogen and oxygen atoms in total. The van der Waals surface area contributed by atoms with Gasteiger partial charge in [0.05, 0.1) is 6.61 Å². The molecule has 0 radical (unpaired) electrons. The molecule has 0 N–H and O–H groups in total. The molecule has 1 saturated heterocycles. The normalized spacial score (nSPS) is 17.0. The second kappa shape index (κ2) is 8.70. The number of hydrogen-bond acceptors (Lipinski definition) is 3. The van der Waals surface area contributed by atoms with Gasteiger partial charge < -0.3 is 14.4 Å². The van der Waals surface area contributed by atoms with E-state index >= 15 is 0 Å². The molecule has 138 valence electrons. The van der Waals surface area contributed by atoms with Crippen LogP contribution in [0, 0.1) is 18.7 Å². The second-order valence-electron chi connectivity index (χ2n) is 6.71. The van der Waals surface area contributed by atoms with E-state index < -0.39 is 0 Å². The fraction of sp³-hybridized carbons (Fsp3) is 0.381. The Morgan fingerprint density at radius 3 is 2.46 bits per heavy atom. The number of nitrogens with zero attached hydrogens (tertiary/aromatic N) is 1. The maximum Gasteiger partial charge on any atom is 0.260 e. The summed E-state index contributed by atoms with van der Waals surface area (Å²) in [6.45, 7) is 4.00. The van der Waals surface area contributed by atoms with Crippen LogP contribution in [0.2, 0.25) is 0 Å². The Hall–Kier alpha value is -2.56. The highest BCUT2D eigenvalue weighted by Gasteiger charge is 2.24. The Balaban J connectivity index is 1.45. The van der Waals surface area contributed by atoms with Crippen LogP contribution < -0.4 is 9.47 Å². The molecule has 1 amide bonds. The maximum atomic E-state index is 12.9. The minimum absolute atomic E-state index is 0.00272. The Labute approximate surface area is 153 Å². The van der Waals surface area contributed by atoms with Gasteiger partial charge in [-0.15, -0.1) is 0 Å². The molecule has 1 fully saturated rings. The number of carbonyl (C=O) groups is 1. The first-order valence-corrected chi connectivity index (χ1v) is 8.96. The van der Waals surface area contributed by atoms with E-state index in [0.717, 1.165) is 24.9 Å². The summed E-state index contributed by atoms with van der Waals surface area (Å²) >= 11 is 0. The number of rotatable bonds is 6. The van der Waals surface area contributed by atoms with Crippen LogP contribution in [0.4, 0.5) is 4.39 Å². The van der Waals surface area contributed by atoms with Crippen molar-refractivity contribution in [2.75, 3.05) is 26.3 Å². The van der Waals surface area contributed by atoms with E-state index in [0.29, 0.717) is 24.7 Å². The SMILES string of the molecule is Cc1ccc(OCC(=O)N2CCCC(COc3ccc(F)cc3)C2)cc1. The van der Waals surface area contributed by atoms with E-state index in [1.165, 1.54) is 12.1 Å². The zero-order valence-corrected chi connectivity index (χ0v) is 15.0. The van der Waals surface area contributed by atoms with Gasteiger partial charge in [0, 0.05) is 19.0 Å². The van der Waals surface area contributed by atoms with Crippen molar-refractivity contribution in [1.29, 1.82) is 0 Å². The minimum atomic E-state index is -0.277. The smallest absolute Gasteiger partial charge is 0.260 e. The highest BCUT2D eigenvalue weighted by Crippen LogP contribution is 2.20. The van der Waals surface area contributed by atoms with Crippen molar-refractivity contribution < 1.29 is 18.7 Å². The molecule has 1 aliphatic rings. The van der Waals surface area contributed by atoms with Gasteiger partial charge in [0.2, 0.25) is 0 Å². The number of likely N-dealkylation sites (tertiary alicyclic amines) is 1. The van der Waals surface area contributed by atoms with E-state index in [1.54, 1.807) is 12.1 Å². The summed E-state index contributed by atoms with van der Waals surface area (Å²) in [4.78, 5) is 14.3. The maximum absolute atomic E-state index is 12.9. The number of ether oxygens (including phenoxy) is 2. The first-order valence-electron chi connectivity index (χ1n) is 8.96. The first-order chi connectivity index (χ1) is 12.6. The summed E-state index contributed by atoms with van der Waals surface area (Å²) in [6, 6.07) is 13.7. The third kappa shape index (κ3) is 5.22. The fourth-order valence-electron chi connectivity index (χ4n) is 3.04. The molecule has 0 bridgehead atoms. The van der Waals surface area contributed by atoms with Crippen molar-refractivity contribution in [3.8, 4) is 11.5 Å². The average Bonchev–Trinajstić information content (AvgIpc) is 2.67. The number of halogens is 1. The molecule has 1 atom stereocenters. The topological polar surface area (TPSA) is 38.8 Å². The molecule has 26 heavy (non-hydrogen) atoms. The van der Waals surface area contributed by atoms with Gasteiger partial charge in [-0.3, -0.25) is 4.79 Å². The Morgan fingerprint density at radius 2 is 1.73 bits per heavy atom. The highest BCUT2D eigenvalue weighted by molar-refractivity contribution is 5.77. The van der Waals surface area contributed by atoms with Gasteiger partial charge in [-0.25, -0.2) is 4.39 Å². The molecule has 0 spiro atoms. The van der Waals surface area contributed by atoms with Gasteiger partial charge in [-0.05, 0) is 56.2 Å². The third-order valence-corrected chi connectivity index (χ3v) is 4.55. The predicted molar refractivity (Wildman–Crippen MR) is 97.9 cm³/mol. The van der Waals surface area contributed by atoms with Crippen LogP contribution in [0.15, 0.2) is 48.5 Å². The molecule has 1 heterocycles. The molecule has 1 aliphatic heterocycles. The molecule has 5 heteroatoms. The van der Waals surface area contributed by atoms with Crippen LogP contribution in [0.3, 0.4) is 0 Å². The Bertz CT molecular complexity index is 715. The Kier molecular flexibility index (Phi) is 6.10.